The Morgan fingerprint density at radius 3 is 1.94 bits per heavy atom. The highest BCUT2D eigenvalue weighted by Gasteiger charge is 2.32. The number of carboxylic acids is 2. The topological polar surface area (TPSA) is 257 Å². The highest BCUT2D eigenvalue weighted by molar-refractivity contribution is 5.95. The van der Waals surface area contributed by atoms with E-state index in [2.05, 4.69) is 16.0 Å². The van der Waals surface area contributed by atoms with Gasteiger partial charge in [-0.15, -0.1) is 0 Å². The van der Waals surface area contributed by atoms with Crippen LogP contribution < -0.4 is 33.2 Å². The summed E-state index contributed by atoms with van der Waals surface area (Å²) in [6.07, 6.45) is 0.456. The molecule has 0 bridgehead atoms. The molecule has 0 heterocycles. The number of nitrogens with two attached hydrogens (primary N) is 3. The summed E-state index contributed by atoms with van der Waals surface area (Å²) in [4.78, 5) is 71.5. The van der Waals surface area contributed by atoms with E-state index in [0.717, 1.165) is 0 Å². The van der Waals surface area contributed by atoms with Crippen LogP contribution in [0.3, 0.4) is 0 Å². The number of hydrogen-bond acceptors (Lipinski definition) is 8. The molecule has 0 aliphatic heterocycles. The Morgan fingerprint density at radius 2 is 1.46 bits per heavy atom. The summed E-state index contributed by atoms with van der Waals surface area (Å²) in [5.74, 6) is -6.12. The lowest BCUT2D eigenvalue weighted by Gasteiger charge is -2.28. The summed E-state index contributed by atoms with van der Waals surface area (Å²) in [6.45, 7) is 3.79. The zero-order valence-corrected chi connectivity index (χ0v) is 20.1. The van der Waals surface area contributed by atoms with E-state index in [9.17, 15) is 33.9 Å². The van der Waals surface area contributed by atoms with E-state index < -0.39 is 72.1 Å². The maximum absolute atomic E-state index is 13.0. The van der Waals surface area contributed by atoms with Gasteiger partial charge in [0.15, 0.2) is 0 Å². The molecule has 0 saturated heterocycles. The highest BCUT2D eigenvalue weighted by atomic mass is 16.4. The van der Waals surface area contributed by atoms with E-state index in [1.165, 1.54) is 0 Å². The molecule has 0 aromatic rings. The van der Waals surface area contributed by atoms with Crippen molar-refractivity contribution in [2.75, 3.05) is 6.54 Å². The lowest BCUT2D eigenvalue weighted by Crippen LogP contribution is -2.58. The molecule has 0 saturated carbocycles. The van der Waals surface area contributed by atoms with Crippen molar-refractivity contribution in [2.24, 2.45) is 23.1 Å². The number of aliphatic carboxylic acids is 2. The number of unbranched alkanes of at least 4 members (excludes halogenated alkanes) is 1. The number of amides is 4. The average Bonchev–Trinajstić information content (AvgIpc) is 2.77. The van der Waals surface area contributed by atoms with Crippen molar-refractivity contribution in [2.45, 2.75) is 83.0 Å². The Bertz CT molecular complexity index is 762. The van der Waals surface area contributed by atoms with Crippen LogP contribution in [-0.2, 0) is 28.8 Å². The molecular weight excluding hydrogens is 464 g/mol. The second kappa shape index (κ2) is 16.4. The van der Waals surface area contributed by atoms with Gasteiger partial charge in [0.25, 0.3) is 0 Å². The molecule has 14 nitrogen and oxygen atoms in total. The number of nitrogens with one attached hydrogen (secondary N) is 3. The van der Waals surface area contributed by atoms with Gasteiger partial charge in [-0.2, -0.15) is 0 Å². The first-order chi connectivity index (χ1) is 16.3. The van der Waals surface area contributed by atoms with Gasteiger partial charge in [-0.1, -0.05) is 20.3 Å². The second-order valence-electron chi connectivity index (χ2n) is 8.33. The molecule has 4 amide bonds. The van der Waals surface area contributed by atoms with Crippen molar-refractivity contribution in [1.29, 1.82) is 0 Å². The molecule has 0 aliphatic carbocycles. The van der Waals surface area contributed by atoms with E-state index in [4.69, 9.17) is 22.3 Å². The predicted octanol–water partition coefficient (Wildman–Crippen LogP) is -2.23. The fraction of sp³-hybridized carbons (Fsp3) is 0.714. The molecule has 35 heavy (non-hydrogen) atoms. The third kappa shape index (κ3) is 12.7. The van der Waals surface area contributed by atoms with Gasteiger partial charge in [0.05, 0.1) is 12.5 Å². The van der Waals surface area contributed by atoms with E-state index in [-0.39, 0.29) is 19.3 Å². The van der Waals surface area contributed by atoms with Crippen LogP contribution in [0, 0.1) is 5.92 Å². The molecule has 0 fully saturated rings. The van der Waals surface area contributed by atoms with E-state index in [0.29, 0.717) is 25.8 Å². The number of hydrogen-bond donors (Lipinski definition) is 8. The minimum absolute atomic E-state index is 0.136. The summed E-state index contributed by atoms with van der Waals surface area (Å²) in [7, 11) is 0. The second-order valence-corrected chi connectivity index (χ2v) is 8.33. The monoisotopic (exact) mass is 502 g/mol. The van der Waals surface area contributed by atoms with Crippen molar-refractivity contribution in [3.05, 3.63) is 0 Å². The number of carboxylic acid groups (broad SMARTS) is 2. The van der Waals surface area contributed by atoms with Crippen LogP contribution in [0.15, 0.2) is 0 Å². The molecule has 0 rings (SSSR count). The Balaban J connectivity index is 5.58. The number of primary amides is 1. The van der Waals surface area contributed by atoms with Gasteiger partial charge in [-0.3, -0.25) is 24.0 Å². The number of carbonyl (C=O) groups excluding carboxylic acids is 4. The van der Waals surface area contributed by atoms with Gasteiger partial charge in [-0.05, 0) is 38.1 Å². The largest absolute Gasteiger partial charge is 0.481 e. The summed E-state index contributed by atoms with van der Waals surface area (Å²) < 4.78 is 0. The van der Waals surface area contributed by atoms with Crippen molar-refractivity contribution >= 4 is 35.6 Å². The molecule has 5 atom stereocenters. The molecular formula is C21H38N6O8. The third-order valence-corrected chi connectivity index (χ3v) is 5.40. The van der Waals surface area contributed by atoms with E-state index in [1.807, 2.05) is 0 Å². The van der Waals surface area contributed by atoms with Gasteiger partial charge >= 0.3 is 11.9 Å². The Hall–Kier alpha value is -3.26. The summed E-state index contributed by atoms with van der Waals surface area (Å²) in [5.41, 5.74) is 16.1. The minimum Gasteiger partial charge on any atom is -0.481 e. The molecule has 0 aromatic heterocycles. The predicted molar refractivity (Wildman–Crippen MR) is 124 cm³/mol. The van der Waals surface area contributed by atoms with E-state index in [1.54, 1.807) is 13.8 Å². The van der Waals surface area contributed by atoms with Gasteiger partial charge < -0.3 is 43.4 Å². The lowest BCUT2D eigenvalue weighted by atomic mass is 9.96. The van der Waals surface area contributed by atoms with Crippen molar-refractivity contribution < 1.29 is 39.0 Å². The Labute approximate surface area is 203 Å². The van der Waals surface area contributed by atoms with Crippen LogP contribution in [0.2, 0.25) is 0 Å². The number of rotatable bonds is 18. The third-order valence-electron chi connectivity index (χ3n) is 5.40. The van der Waals surface area contributed by atoms with Gasteiger partial charge in [0.2, 0.25) is 23.6 Å². The Morgan fingerprint density at radius 1 is 0.857 bits per heavy atom. The van der Waals surface area contributed by atoms with Gasteiger partial charge in [-0.25, -0.2) is 4.79 Å². The van der Waals surface area contributed by atoms with Crippen LogP contribution >= 0.6 is 0 Å². The fourth-order valence-corrected chi connectivity index (χ4v) is 3.08. The summed E-state index contributed by atoms with van der Waals surface area (Å²) in [6, 6.07) is -5.05. The van der Waals surface area contributed by atoms with Crippen LogP contribution in [0.4, 0.5) is 0 Å². The molecule has 5 unspecified atom stereocenters. The standard InChI is InChI=1S/C21H38N6O8/c1-3-11(2)17(27-18(31)12(23)10-16(29)30)20(33)25-13(6-4-5-9-22)19(32)26-14(21(34)35)7-8-15(24)28/h11-14,17H,3-10,22-23H2,1-2H3,(H2,24,28)(H,25,33)(H,26,32)(H,27,31)(H,29,30)(H,34,35). The maximum Gasteiger partial charge on any atom is 0.326 e. The maximum atomic E-state index is 13.0. The van der Waals surface area contributed by atoms with Crippen molar-refractivity contribution in [3.8, 4) is 0 Å². The Kier molecular flexibility index (Phi) is 14.9. The fourth-order valence-electron chi connectivity index (χ4n) is 3.08. The molecule has 0 radical (unpaired) electrons. The summed E-state index contributed by atoms with van der Waals surface area (Å²) in [5, 5.41) is 25.5. The van der Waals surface area contributed by atoms with Crippen LogP contribution in [0.1, 0.15) is 58.8 Å². The zero-order chi connectivity index (χ0) is 27.1. The molecule has 11 N–H and O–H groups in total. The highest BCUT2D eigenvalue weighted by Crippen LogP contribution is 2.11. The minimum atomic E-state index is -1.40. The van der Waals surface area contributed by atoms with Gasteiger partial charge in [0.1, 0.15) is 18.1 Å². The van der Waals surface area contributed by atoms with Crippen LogP contribution in [0.25, 0.3) is 0 Å². The van der Waals surface area contributed by atoms with Gasteiger partial charge in [0, 0.05) is 6.42 Å². The quantitative estimate of drug-likeness (QED) is 0.0935. The molecule has 0 aromatic carbocycles. The smallest absolute Gasteiger partial charge is 0.326 e. The lowest BCUT2D eigenvalue weighted by molar-refractivity contribution is -0.142. The van der Waals surface area contributed by atoms with E-state index >= 15 is 0 Å². The number of carbonyl (C=O) groups is 6. The van der Waals surface area contributed by atoms with Crippen molar-refractivity contribution in [1.82, 2.24) is 16.0 Å². The van der Waals surface area contributed by atoms with Crippen LogP contribution in [-0.4, -0.2) is 76.5 Å². The molecule has 0 aliphatic rings. The normalized spacial score (nSPS) is 15.1. The average molecular weight is 503 g/mol. The summed E-state index contributed by atoms with van der Waals surface area (Å²) >= 11 is 0. The first kappa shape index (κ1) is 31.7. The molecule has 0 spiro atoms. The molecule has 200 valence electrons. The first-order valence-corrected chi connectivity index (χ1v) is 11.4. The van der Waals surface area contributed by atoms with Crippen LogP contribution in [0.5, 0.6) is 0 Å². The SMILES string of the molecule is CCC(C)C(NC(=O)C(N)CC(=O)O)C(=O)NC(CCCCN)C(=O)NC(CCC(N)=O)C(=O)O. The molecule has 14 heteroatoms. The zero-order valence-electron chi connectivity index (χ0n) is 20.1. The first-order valence-electron chi connectivity index (χ1n) is 11.4. The van der Waals surface area contributed by atoms with Crippen molar-refractivity contribution in [3.63, 3.8) is 0 Å².